The molecule has 0 radical (unpaired) electrons. The topological polar surface area (TPSA) is 52.0 Å². The van der Waals surface area contributed by atoms with Crippen molar-refractivity contribution in [1.29, 1.82) is 0 Å². The average molecular weight is 309 g/mol. The van der Waals surface area contributed by atoms with Gasteiger partial charge in [0.2, 0.25) is 0 Å². The van der Waals surface area contributed by atoms with Gasteiger partial charge in [0, 0.05) is 10.4 Å². The predicted molar refractivity (Wildman–Crippen MR) is 77.3 cm³/mol. The molecule has 0 bridgehead atoms. The smallest absolute Gasteiger partial charge is 0.175 e. The number of hydrogen-bond donors (Lipinski definition) is 1. The van der Waals surface area contributed by atoms with Crippen molar-refractivity contribution in [2.45, 2.75) is 26.7 Å². The molecule has 4 heteroatoms. The van der Waals surface area contributed by atoms with E-state index in [1.54, 1.807) is 0 Å². The molecule has 96 valence electrons. The monoisotopic (exact) mass is 308 g/mol. The summed E-state index contributed by atoms with van der Waals surface area (Å²) in [6, 6.07) is 8.01. The number of aromatic nitrogens is 1. The van der Waals surface area contributed by atoms with Gasteiger partial charge in [-0.05, 0) is 23.6 Å². The zero-order valence-electron chi connectivity index (χ0n) is 10.8. The molecule has 0 fully saturated rings. The largest absolute Gasteiger partial charge is 0.380 e. The van der Waals surface area contributed by atoms with E-state index in [2.05, 4.69) is 41.9 Å². The zero-order chi connectivity index (χ0) is 13.3. The van der Waals surface area contributed by atoms with Gasteiger partial charge in [-0.1, -0.05) is 54.0 Å². The molecule has 0 aliphatic rings. The normalized spacial score (nSPS) is 12.9. The molecule has 1 aromatic heterocycles. The van der Waals surface area contributed by atoms with Gasteiger partial charge in [-0.15, -0.1) is 0 Å². The molecule has 2 N–H and O–H groups in total. The molecule has 0 saturated heterocycles. The molecule has 0 saturated carbocycles. The van der Waals surface area contributed by atoms with Gasteiger partial charge in [-0.25, -0.2) is 0 Å². The zero-order valence-corrected chi connectivity index (χ0v) is 12.4. The Labute approximate surface area is 115 Å². The molecule has 1 aromatic carbocycles. The van der Waals surface area contributed by atoms with Crippen LogP contribution < -0.4 is 5.73 Å². The number of rotatable bonds is 3. The third-order valence-corrected chi connectivity index (χ3v) is 3.76. The quantitative estimate of drug-likeness (QED) is 0.911. The van der Waals surface area contributed by atoms with Crippen LogP contribution in [0.25, 0.3) is 11.1 Å². The fraction of sp³-hybridized carbons (Fsp3) is 0.357. The van der Waals surface area contributed by atoms with E-state index < -0.39 is 0 Å². The van der Waals surface area contributed by atoms with Gasteiger partial charge >= 0.3 is 0 Å². The Kier molecular flexibility index (Phi) is 3.76. The van der Waals surface area contributed by atoms with Crippen LogP contribution in [0.4, 0.5) is 5.82 Å². The summed E-state index contributed by atoms with van der Waals surface area (Å²) in [5.41, 5.74) is 7.89. The lowest BCUT2D eigenvalue weighted by molar-refractivity contribution is 0.341. The minimum atomic E-state index is 0.281. The van der Waals surface area contributed by atoms with E-state index in [0.29, 0.717) is 11.7 Å². The van der Waals surface area contributed by atoms with Crippen LogP contribution in [-0.2, 0) is 0 Å². The van der Waals surface area contributed by atoms with E-state index in [4.69, 9.17) is 10.3 Å². The van der Waals surface area contributed by atoms with Crippen LogP contribution in [0.1, 0.15) is 32.4 Å². The third kappa shape index (κ3) is 2.43. The predicted octanol–water partition coefficient (Wildman–Crippen LogP) is 4.45. The highest BCUT2D eigenvalue weighted by Gasteiger charge is 2.23. The van der Waals surface area contributed by atoms with Crippen LogP contribution in [0.3, 0.4) is 0 Å². The second-order valence-electron chi connectivity index (χ2n) is 4.85. The summed E-state index contributed by atoms with van der Waals surface area (Å²) in [5.74, 6) is 2.07. The van der Waals surface area contributed by atoms with Crippen LogP contribution in [0.2, 0.25) is 0 Å². The first-order valence-corrected chi connectivity index (χ1v) is 6.81. The molecule has 0 amide bonds. The van der Waals surface area contributed by atoms with Gasteiger partial charge in [0.15, 0.2) is 5.82 Å². The van der Waals surface area contributed by atoms with Crippen LogP contribution in [0.15, 0.2) is 33.3 Å². The molecule has 2 aromatic rings. The van der Waals surface area contributed by atoms with Crippen molar-refractivity contribution in [3.8, 4) is 11.1 Å². The molecule has 2 rings (SSSR count). The molecular formula is C14H17BrN2O. The Morgan fingerprint density at radius 1 is 1.28 bits per heavy atom. The van der Waals surface area contributed by atoms with Gasteiger partial charge < -0.3 is 10.3 Å². The second-order valence-corrected chi connectivity index (χ2v) is 5.77. The fourth-order valence-electron chi connectivity index (χ4n) is 1.86. The van der Waals surface area contributed by atoms with Gasteiger partial charge in [-0.3, -0.25) is 0 Å². The maximum atomic E-state index is 5.94. The number of hydrogen-bond acceptors (Lipinski definition) is 3. The lowest BCUT2D eigenvalue weighted by Crippen LogP contribution is -2.02. The SMILES string of the molecule is CC(C)C(C)c1onc(N)c1-c1cccc(Br)c1. The maximum absolute atomic E-state index is 5.94. The molecule has 0 spiro atoms. The standard InChI is InChI=1S/C14H17BrN2O/c1-8(2)9(3)13-12(14(16)17-18-13)10-5-4-6-11(15)7-10/h4-9H,1-3H3,(H2,16,17). The lowest BCUT2D eigenvalue weighted by atomic mass is 9.91. The summed E-state index contributed by atoms with van der Waals surface area (Å²) in [6.07, 6.45) is 0. The maximum Gasteiger partial charge on any atom is 0.175 e. The Morgan fingerprint density at radius 3 is 2.61 bits per heavy atom. The average Bonchev–Trinajstić information content (AvgIpc) is 2.70. The summed E-state index contributed by atoms with van der Waals surface area (Å²) in [4.78, 5) is 0. The summed E-state index contributed by atoms with van der Waals surface area (Å²) in [7, 11) is 0. The van der Waals surface area contributed by atoms with Crippen molar-refractivity contribution < 1.29 is 4.52 Å². The van der Waals surface area contributed by atoms with E-state index in [9.17, 15) is 0 Å². The first-order valence-electron chi connectivity index (χ1n) is 6.01. The number of nitrogens with zero attached hydrogens (tertiary/aromatic N) is 1. The highest BCUT2D eigenvalue weighted by molar-refractivity contribution is 9.10. The Morgan fingerprint density at radius 2 is 2.00 bits per heavy atom. The minimum absolute atomic E-state index is 0.281. The van der Waals surface area contributed by atoms with Crippen LogP contribution in [-0.4, -0.2) is 5.16 Å². The molecule has 1 atom stereocenters. The van der Waals surface area contributed by atoms with Gasteiger partial charge in [-0.2, -0.15) is 0 Å². The van der Waals surface area contributed by atoms with Gasteiger partial charge in [0.05, 0.1) is 5.56 Å². The van der Waals surface area contributed by atoms with Crippen LogP contribution >= 0.6 is 15.9 Å². The number of nitrogen functional groups attached to an aromatic ring is 1. The molecule has 18 heavy (non-hydrogen) atoms. The van der Waals surface area contributed by atoms with E-state index in [1.165, 1.54) is 0 Å². The number of benzene rings is 1. The number of anilines is 1. The number of nitrogens with two attached hydrogens (primary N) is 1. The van der Waals surface area contributed by atoms with E-state index in [0.717, 1.165) is 21.4 Å². The molecule has 3 nitrogen and oxygen atoms in total. The molecule has 0 aliphatic carbocycles. The van der Waals surface area contributed by atoms with Crippen molar-refractivity contribution >= 4 is 21.7 Å². The summed E-state index contributed by atoms with van der Waals surface area (Å²) in [6.45, 7) is 6.45. The fourth-order valence-corrected chi connectivity index (χ4v) is 2.26. The lowest BCUT2D eigenvalue weighted by Gasteiger charge is -2.13. The Hall–Kier alpha value is -1.29. The van der Waals surface area contributed by atoms with E-state index in [1.807, 2.05) is 24.3 Å². The molecule has 0 aliphatic heterocycles. The van der Waals surface area contributed by atoms with Gasteiger partial charge in [0.25, 0.3) is 0 Å². The van der Waals surface area contributed by atoms with Crippen molar-refractivity contribution in [1.82, 2.24) is 5.16 Å². The molecule has 1 unspecified atom stereocenters. The van der Waals surface area contributed by atoms with Crippen LogP contribution in [0, 0.1) is 5.92 Å². The third-order valence-electron chi connectivity index (χ3n) is 3.27. The van der Waals surface area contributed by atoms with E-state index in [-0.39, 0.29) is 5.92 Å². The first-order chi connectivity index (χ1) is 8.50. The summed E-state index contributed by atoms with van der Waals surface area (Å²) >= 11 is 3.47. The van der Waals surface area contributed by atoms with Crippen molar-refractivity contribution in [2.75, 3.05) is 5.73 Å². The second kappa shape index (κ2) is 5.14. The minimum Gasteiger partial charge on any atom is -0.380 e. The van der Waals surface area contributed by atoms with Crippen molar-refractivity contribution in [2.24, 2.45) is 5.92 Å². The van der Waals surface area contributed by atoms with Crippen LogP contribution in [0.5, 0.6) is 0 Å². The molecule has 1 heterocycles. The van der Waals surface area contributed by atoms with Crippen molar-refractivity contribution in [3.05, 3.63) is 34.5 Å². The number of halogens is 1. The van der Waals surface area contributed by atoms with E-state index >= 15 is 0 Å². The Bertz CT molecular complexity index is 548. The summed E-state index contributed by atoms with van der Waals surface area (Å²) in [5, 5.41) is 3.91. The van der Waals surface area contributed by atoms with Crippen molar-refractivity contribution in [3.63, 3.8) is 0 Å². The first kappa shape index (κ1) is 13.1. The highest BCUT2D eigenvalue weighted by atomic mass is 79.9. The molecular weight excluding hydrogens is 292 g/mol. The Balaban J connectivity index is 2.53. The summed E-state index contributed by atoms with van der Waals surface area (Å²) < 4.78 is 6.44. The highest BCUT2D eigenvalue weighted by Crippen LogP contribution is 2.37. The van der Waals surface area contributed by atoms with Gasteiger partial charge in [0.1, 0.15) is 5.76 Å².